The summed E-state index contributed by atoms with van der Waals surface area (Å²) in [5, 5.41) is 13.8. The Bertz CT molecular complexity index is 722. The number of benzene rings is 1. The number of piperazine rings is 1. The van der Waals surface area contributed by atoms with Gasteiger partial charge in [0.25, 0.3) is 0 Å². The Morgan fingerprint density at radius 3 is 2.62 bits per heavy atom. The van der Waals surface area contributed by atoms with Crippen LogP contribution in [0.4, 0.5) is 11.5 Å². The van der Waals surface area contributed by atoms with Crippen molar-refractivity contribution < 1.29 is 9.42 Å². The van der Waals surface area contributed by atoms with E-state index in [0.717, 1.165) is 37.4 Å². The van der Waals surface area contributed by atoms with E-state index < -0.39 is 6.04 Å². The lowest BCUT2D eigenvalue weighted by molar-refractivity contribution is -0.117. The Labute approximate surface area is 153 Å². The van der Waals surface area contributed by atoms with Crippen LogP contribution in [0.15, 0.2) is 28.9 Å². The molecule has 1 aliphatic rings. The standard InChI is InChI=1S/C18H26N6O2/c1-12(2)11-15(19)18(25)21-17-16(22-26-23-17)13-3-5-14(6-4-13)24-9-7-20-8-10-24/h3-6,12,15,20H,7-11,19H2,1-2H3,(H,21,23,25)/t15-/m0/s1. The highest BCUT2D eigenvalue weighted by molar-refractivity contribution is 5.96. The lowest BCUT2D eigenvalue weighted by Gasteiger charge is -2.29. The van der Waals surface area contributed by atoms with Gasteiger partial charge in [-0.15, -0.1) is 0 Å². The molecule has 0 spiro atoms. The van der Waals surface area contributed by atoms with Crippen LogP contribution in [0.2, 0.25) is 0 Å². The van der Waals surface area contributed by atoms with Gasteiger partial charge in [-0.1, -0.05) is 26.0 Å². The third kappa shape index (κ3) is 4.39. The van der Waals surface area contributed by atoms with E-state index in [-0.39, 0.29) is 5.91 Å². The minimum Gasteiger partial charge on any atom is -0.369 e. The number of nitrogens with two attached hydrogens (primary N) is 1. The van der Waals surface area contributed by atoms with E-state index in [9.17, 15) is 4.79 Å². The maximum Gasteiger partial charge on any atom is 0.242 e. The fourth-order valence-corrected chi connectivity index (χ4v) is 3.04. The van der Waals surface area contributed by atoms with Gasteiger partial charge < -0.3 is 21.3 Å². The van der Waals surface area contributed by atoms with Gasteiger partial charge in [-0.05, 0) is 34.8 Å². The van der Waals surface area contributed by atoms with E-state index in [0.29, 0.717) is 23.9 Å². The fraction of sp³-hybridized carbons (Fsp3) is 0.500. The molecule has 1 fully saturated rings. The van der Waals surface area contributed by atoms with Crippen LogP contribution in [-0.2, 0) is 4.79 Å². The third-order valence-corrected chi connectivity index (χ3v) is 4.42. The molecule has 1 aliphatic heterocycles. The smallest absolute Gasteiger partial charge is 0.242 e. The van der Waals surface area contributed by atoms with Crippen molar-refractivity contribution >= 4 is 17.4 Å². The van der Waals surface area contributed by atoms with Crippen molar-refractivity contribution in [2.45, 2.75) is 26.3 Å². The molecule has 8 nitrogen and oxygen atoms in total. The number of carbonyl (C=O) groups excluding carboxylic acids is 1. The molecule has 0 unspecified atom stereocenters. The van der Waals surface area contributed by atoms with Crippen molar-refractivity contribution in [3.8, 4) is 11.3 Å². The van der Waals surface area contributed by atoms with Crippen molar-refractivity contribution in [2.24, 2.45) is 11.7 Å². The van der Waals surface area contributed by atoms with E-state index >= 15 is 0 Å². The molecule has 0 radical (unpaired) electrons. The summed E-state index contributed by atoms with van der Waals surface area (Å²) in [6, 6.07) is 7.42. The molecule has 3 rings (SSSR count). The number of hydrogen-bond acceptors (Lipinski definition) is 7. The maximum atomic E-state index is 12.2. The van der Waals surface area contributed by atoms with Crippen LogP contribution in [0, 0.1) is 5.92 Å². The van der Waals surface area contributed by atoms with Crippen LogP contribution >= 0.6 is 0 Å². The topological polar surface area (TPSA) is 109 Å². The molecule has 26 heavy (non-hydrogen) atoms. The first-order valence-corrected chi connectivity index (χ1v) is 8.99. The zero-order chi connectivity index (χ0) is 18.5. The number of rotatable bonds is 6. The molecule has 0 saturated carbocycles. The molecular weight excluding hydrogens is 332 g/mol. The van der Waals surface area contributed by atoms with Crippen LogP contribution in [0.25, 0.3) is 11.3 Å². The summed E-state index contributed by atoms with van der Waals surface area (Å²) in [5.74, 6) is 0.348. The predicted molar refractivity (Wildman–Crippen MR) is 101 cm³/mol. The van der Waals surface area contributed by atoms with Crippen molar-refractivity contribution in [1.29, 1.82) is 0 Å². The third-order valence-electron chi connectivity index (χ3n) is 4.42. The normalized spacial score (nSPS) is 15.9. The Balaban J connectivity index is 1.70. The van der Waals surface area contributed by atoms with Crippen LogP contribution in [0.3, 0.4) is 0 Å². The molecule has 0 bridgehead atoms. The molecule has 8 heteroatoms. The van der Waals surface area contributed by atoms with Gasteiger partial charge in [-0.2, -0.15) is 0 Å². The minimum absolute atomic E-state index is 0.284. The van der Waals surface area contributed by atoms with Crippen LogP contribution in [0.1, 0.15) is 20.3 Å². The first kappa shape index (κ1) is 18.3. The molecule has 140 valence electrons. The number of anilines is 2. The lowest BCUT2D eigenvalue weighted by atomic mass is 10.0. The molecule has 4 N–H and O–H groups in total. The average Bonchev–Trinajstić information content (AvgIpc) is 3.10. The summed E-state index contributed by atoms with van der Waals surface area (Å²) in [5.41, 5.74) is 8.42. The number of aromatic nitrogens is 2. The summed E-state index contributed by atoms with van der Waals surface area (Å²) in [7, 11) is 0. The van der Waals surface area contributed by atoms with E-state index in [2.05, 4.69) is 25.8 Å². The second-order valence-corrected chi connectivity index (χ2v) is 6.97. The summed E-state index contributed by atoms with van der Waals surface area (Å²) in [4.78, 5) is 14.6. The highest BCUT2D eigenvalue weighted by Gasteiger charge is 2.20. The van der Waals surface area contributed by atoms with Gasteiger partial charge in [0.15, 0.2) is 5.69 Å². The Hall–Kier alpha value is -2.45. The number of nitrogens with one attached hydrogen (secondary N) is 2. The number of hydrogen-bond donors (Lipinski definition) is 3. The van der Waals surface area contributed by atoms with Gasteiger partial charge >= 0.3 is 0 Å². The fourth-order valence-electron chi connectivity index (χ4n) is 3.04. The lowest BCUT2D eigenvalue weighted by Crippen LogP contribution is -2.43. The van der Waals surface area contributed by atoms with Crippen molar-refractivity contribution in [1.82, 2.24) is 15.6 Å². The molecule has 1 saturated heterocycles. The van der Waals surface area contributed by atoms with E-state index in [1.165, 1.54) is 0 Å². The van der Waals surface area contributed by atoms with E-state index in [4.69, 9.17) is 10.4 Å². The van der Waals surface area contributed by atoms with Gasteiger partial charge in [0.1, 0.15) is 0 Å². The summed E-state index contributed by atoms with van der Waals surface area (Å²) in [6.45, 7) is 8.00. The number of nitrogens with zero attached hydrogens (tertiary/aromatic N) is 3. The monoisotopic (exact) mass is 358 g/mol. The van der Waals surface area contributed by atoms with Gasteiger partial charge in [0, 0.05) is 37.4 Å². The molecular formula is C18H26N6O2. The summed E-state index contributed by atoms with van der Waals surface area (Å²) in [6.07, 6.45) is 0.603. The van der Waals surface area contributed by atoms with Crippen LogP contribution in [0.5, 0.6) is 0 Å². The predicted octanol–water partition coefficient (Wildman–Crippen LogP) is 1.46. The first-order chi connectivity index (χ1) is 12.5. The molecule has 1 amide bonds. The Kier molecular flexibility index (Phi) is 5.85. The van der Waals surface area contributed by atoms with E-state index in [1.807, 2.05) is 38.1 Å². The number of amides is 1. The van der Waals surface area contributed by atoms with Crippen LogP contribution < -0.4 is 21.3 Å². The summed E-state index contributed by atoms with van der Waals surface area (Å²) >= 11 is 0. The van der Waals surface area contributed by atoms with Crippen LogP contribution in [-0.4, -0.2) is 48.4 Å². The zero-order valence-corrected chi connectivity index (χ0v) is 15.2. The van der Waals surface area contributed by atoms with Crippen molar-refractivity contribution in [2.75, 3.05) is 36.4 Å². The highest BCUT2D eigenvalue weighted by Crippen LogP contribution is 2.27. The molecule has 1 atom stereocenters. The highest BCUT2D eigenvalue weighted by atomic mass is 16.6. The molecule has 2 aromatic rings. The molecule has 1 aromatic heterocycles. The number of carbonyl (C=O) groups is 1. The minimum atomic E-state index is -0.588. The van der Waals surface area contributed by atoms with E-state index in [1.54, 1.807) is 0 Å². The quantitative estimate of drug-likeness (QED) is 0.717. The average molecular weight is 358 g/mol. The second-order valence-electron chi connectivity index (χ2n) is 6.97. The zero-order valence-electron chi connectivity index (χ0n) is 15.2. The second kappa shape index (κ2) is 8.29. The first-order valence-electron chi connectivity index (χ1n) is 8.99. The van der Waals surface area contributed by atoms with Crippen molar-refractivity contribution in [3.05, 3.63) is 24.3 Å². The largest absolute Gasteiger partial charge is 0.369 e. The Morgan fingerprint density at radius 1 is 1.27 bits per heavy atom. The maximum absolute atomic E-state index is 12.2. The van der Waals surface area contributed by atoms with Gasteiger partial charge in [-0.3, -0.25) is 4.79 Å². The SMILES string of the molecule is CC(C)C[C@H](N)C(=O)Nc1nonc1-c1ccc(N2CCNCC2)cc1. The molecule has 0 aliphatic carbocycles. The molecule has 2 heterocycles. The van der Waals surface area contributed by atoms with Gasteiger partial charge in [0.05, 0.1) is 6.04 Å². The summed E-state index contributed by atoms with van der Waals surface area (Å²) < 4.78 is 4.83. The van der Waals surface area contributed by atoms with Gasteiger partial charge in [-0.25, -0.2) is 4.63 Å². The van der Waals surface area contributed by atoms with Gasteiger partial charge in [0.2, 0.25) is 11.7 Å². The molecule has 1 aromatic carbocycles. The Morgan fingerprint density at radius 2 is 1.96 bits per heavy atom. The van der Waals surface area contributed by atoms with Crippen molar-refractivity contribution in [3.63, 3.8) is 0 Å².